The summed E-state index contributed by atoms with van der Waals surface area (Å²) < 4.78 is 10.3. The molecule has 0 saturated carbocycles. The molecule has 0 fully saturated rings. The summed E-state index contributed by atoms with van der Waals surface area (Å²) in [6.45, 7) is 7.40. The van der Waals surface area contributed by atoms with Crippen LogP contribution >= 0.6 is 11.6 Å². The molecule has 112 valence electrons. The zero-order valence-corrected chi connectivity index (χ0v) is 12.9. The van der Waals surface area contributed by atoms with Gasteiger partial charge >= 0.3 is 5.97 Å². The van der Waals surface area contributed by atoms with Crippen molar-refractivity contribution < 1.29 is 18.7 Å². The number of alkyl halides is 1. The maximum atomic E-state index is 12.1. The standard InChI is InChI=1S/C14H20ClNO4/c1-5-19-14(18)12(8(2)3)16-13(17)11-6-10(7-15)9(4)20-11/h6,8,12H,5,7H2,1-4H3,(H,16,17). The Morgan fingerprint density at radius 3 is 2.55 bits per heavy atom. The Kier molecular flexibility index (Phi) is 6.07. The molecular formula is C14H20ClNO4. The van der Waals surface area contributed by atoms with Crippen LogP contribution in [0.4, 0.5) is 0 Å². The smallest absolute Gasteiger partial charge is 0.328 e. The van der Waals surface area contributed by atoms with Gasteiger partial charge in [0.15, 0.2) is 5.76 Å². The Hall–Kier alpha value is -1.49. The van der Waals surface area contributed by atoms with Crippen molar-refractivity contribution in [1.29, 1.82) is 0 Å². The van der Waals surface area contributed by atoms with Crippen LogP contribution in [0.2, 0.25) is 0 Å². The van der Waals surface area contributed by atoms with Crippen molar-refractivity contribution in [3.05, 3.63) is 23.2 Å². The van der Waals surface area contributed by atoms with Gasteiger partial charge in [-0.2, -0.15) is 0 Å². The van der Waals surface area contributed by atoms with Gasteiger partial charge in [-0.05, 0) is 25.8 Å². The highest BCUT2D eigenvalue weighted by molar-refractivity contribution is 6.17. The summed E-state index contributed by atoms with van der Waals surface area (Å²) in [6.07, 6.45) is 0. The molecule has 20 heavy (non-hydrogen) atoms. The lowest BCUT2D eigenvalue weighted by atomic mass is 10.0. The van der Waals surface area contributed by atoms with Crippen molar-refractivity contribution >= 4 is 23.5 Å². The first-order chi connectivity index (χ1) is 9.40. The summed E-state index contributed by atoms with van der Waals surface area (Å²) in [5.41, 5.74) is 0.758. The van der Waals surface area contributed by atoms with Gasteiger partial charge in [-0.1, -0.05) is 13.8 Å². The lowest BCUT2D eigenvalue weighted by Crippen LogP contribution is -2.45. The lowest BCUT2D eigenvalue weighted by molar-refractivity contribution is -0.146. The molecule has 1 unspecified atom stereocenters. The summed E-state index contributed by atoms with van der Waals surface area (Å²) in [6, 6.07) is 0.882. The molecule has 1 N–H and O–H groups in total. The first-order valence-corrected chi connectivity index (χ1v) is 7.06. The van der Waals surface area contributed by atoms with Crippen LogP contribution in [0, 0.1) is 12.8 Å². The second-order valence-electron chi connectivity index (χ2n) is 4.77. The zero-order chi connectivity index (χ0) is 15.3. The third kappa shape index (κ3) is 4.00. The molecule has 5 nitrogen and oxygen atoms in total. The number of rotatable bonds is 6. The summed E-state index contributed by atoms with van der Waals surface area (Å²) in [5, 5.41) is 2.63. The molecule has 0 aromatic carbocycles. The number of carbonyl (C=O) groups is 2. The minimum Gasteiger partial charge on any atom is -0.464 e. The van der Waals surface area contributed by atoms with E-state index in [9.17, 15) is 9.59 Å². The predicted octanol–water partition coefficient (Wildman–Crippen LogP) is 2.64. The minimum atomic E-state index is -0.702. The molecular weight excluding hydrogens is 282 g/mol. The number of amides is 1. The van der Waals surface area contributed by atoms with E-state index in [2.05, 4.69) is 5.32 Å². The first-order valence-electron chi connectivity index (χ1n) is 6.53. The van der Waals surface area contributed by atoms with Crippen molar-refractivity contribution in [1.82, 2.24) is 5.32 Å². The average molecular weight is 302 g/mol. The Labute approximate surface area is 123 Å². The second kappa shape index (κ2) is 7.33. The van der Waals surface area contributed by atoms with Gasteiger partial charge in [0.25, 0.3) is 5.91 Å². The highest BCUT2D eigenvalue weighted by Crippen LogP contribution is 2.17. The van der Waals surface area contributed by atoms with Crippen molar-refractivity contribution in [3.8, 4) is 0 Å². The summed E-state index contributed by atoms with van der Waals surface area (Å²) >= 11 is 5.73. The number of aryl methyl sites for hydroxylation is 1. The second-order valence-corrected chi connectivity index (χ2v) is 5.04. The van der Waals surface area contributed by atoms with E-state index in [1.165, 1.54) is 0 Å². The molecule has 0 saturated heterocycles. The molecule has 1 aromatic heterocycles. The van der Waals surface area contributed by atoms with Gasteiger partial charge < -0.3 is 14.5 Å². The van der Waals surface area contributed by atoms with Crippen LogP contribution in [0.5, 0.6) is 0 Å². The monoisotopic (exact) mass is 301 g/mol. The number of carbonyl (C=O) groups excluding carboxylic acids is 2. The minimum absolute atomic E-state index is 0.0819. The van der Waals surface area contributed by atoms with Crippen molar-refractivity contribution in [3.63, 3.8) is 0 Å². The van der Waals surface area contributed by atoms with Gasteiger partial charge in [0, 0.05) is 5.56 Å². The van der Waals surface area contributed by atoms with Crippen LogP contribution in [-0.4, -0.2) is 24.5 Å². The molecule has 0 bridgehead atoms. The number of furan rings is 1. The highest BCUT2D eigenvalue weighted by Gasteiger charge is 2.27. The normalized spacial score (nSPS) is 12.3. The van der Waals surface area contributed by atoms with E-state index < -0.39 is 17.9 Å². The van der Waals surface area contributed by atoms with Gasteiger partial charge in [0.05, 0.1) is 12.5 Å². The number of esters is 1. The third-order valence-electron chi connectivity index (χ3n) is 2.88. The maximum Gasteiger partial charge on any atom is 0.328 e. The van der Waals surface area contributed by atoms with E-state index in [1.807, 2.05) is 13.8 Å². The molecule has 1 amide bonds. The van der Waals surface area contributed by atoms with E-state index in [-0.39, 0.29) is 24.2 Å². The molecule has 6 heteroatoms. The van der Waals surface area contributed by atoms with Crippen LogP contribution in [-0.2, 0) is 15.4 Å². The molecule has 0 spiro atoms. The molecule has 0 radical (unpaired) electrons. The predicted molar refractivity (Wildman–Crippen MR) is 75.7 cm³/mol. The quantitative estimate of drug-likeness (QED) is 0.648. The van der Waals surface area contributed by atoms with E-state index in [0.717, 1.165) is 5.56 Å². The van der Waals surface area contributed by atoms with E-state index >= 15 is 0 Å². The number of halogens is 1. The van der Waals surface area contributed by atoms with Crippen LogP contribution < -0.4 is 5.32 Å². The summed E-state index contributed by atoms with van der Waals surface area (Å²) in [4.78, 5) is 23.9. The van der Waals surface area contributed by atoms with Gasteiger partial charge in [-0.15, -0.1) is 11.6 Å². The average Bonchev–Trinajstić information content (AvgIpc) is 2.76. The number of nitrogens with one attached hydrogen (secondary N) is 1. The Balaban J connectivity index is 2.82. The van der Waals surface area contributed by atoms with Crippen LogP contribution in [0.15, 0.2) is 10.5 Å². The van der Waals surface area contributed by atoms with E-state index in [1.54, 1.807) is 19.9 Å². The number of ether oxygens (including phenoxy) is 1. The molecule has 1 heterocycles. The SMILES string of the molecule is CCOC(=O)C(NC(=O)c1cc(CCl)c(C)o1)C(C)C. The fourth-order valence-electron chi connectivity index (χ4n) is 1.71. The highest BCUT2D eigenvalue weighted by atomic mass is 35.5. The topological polar surface area (TPSA) is 68.5 Å². The molecule has 1 rings (SSSR count). The Morgan fingerprint density at radius 2 is 2.10 bits per heavy atom. The van der Waals surface area contributed by atoms with E-state index in [0.29, 0.717) is 5.76 Å². The summed E-state index contributed by atoms with van der Waals surface area (Å²) in [7, 11) is 0. The van der Waals surface area contributed by atoms with Gasteiger partial charge in [0.2, 0.25) is 0 Å². The number of hydrogen-bond acceptors (Lipinski definition) is 4. The lowest BCUT2D eigenvalue weighted by Gasteiger charge is -2.19. The van der Waals surface area contributed by atoms with Gasteiger partial charge in [0.1, 0.15) is 11.8 Å². The fourth-order valence-corrected chi connectivity index (χ4v) is 1.97. The molecule has 1 aromatic rings. The fraction of sp³-hybridized carbons (Fsp3) is 0.571. The molecule has 0 aliphatic heterocycles. The van der Waals surface area contributed by atoms with Crippen molar-refractivity contribution in [2.45, 2.75) is 39.6 Å². The zero-order valence-electron chi connectivity index (χ0n) is 12.2. The van der Waals surface area contributed by atoms with Crippen LogP contribution in [0.25, 0.3) is 0 Å². The van der Waals surface area contributed by atoms with Crippen molar-refractivity contribution in [2.75, 3.05) is 6.61 Å². The maximum absolute atomic E-state index is 12.1. The molecule has 1 atom stereocenters. The summed E-state index contributed by atoms with van der Waals surface area (Å²) in [5.74, 6) is 0.0404. The third-order valence-corrected chi connectivity index (χ3v) is 3.17. The van der Waals surface area contributed by atoms with E-state index in [4.69, 9.17) is 20.8 Å². The van der Waals surface area contributed by atoms with Crippen LogP contribution in [0.1, 0.15) is 42.6 Å². The Bertz CT molecular complexity index is 482. The first kappa shape index (κ1) is 16.6. The van der Waals surface area contributed by atoms with Gasteiger partial charge in [-0.25, -0.2) is 4.79 Å². The number of hydrogen-bond donors (Lipinski definition) is 1. The van der Waals surface area contributed by atoms with Gasteiger partial charge in [-0.3, -0.25) is 4.79 Å². The Morgan fingerprint density at radius 1 is 1.45 bits per heavy atom. The molecule has 0 aliphatic rings. The van der Waals surface area contributed by atoms with Crippen LogP contribution in [0.3, 0.4) is 0 Å². The van der Waals surface area contributed by atoms with Crippen molar-refractivity contribution in [2.24, 2.45) is 5.92 Å². The largest absolute Gasteiger partial charge is 0.464 e. The molecule has 0 aliphatic carbocycles.